The first-order valence-electron chi connectivity index (χ1n) is 11.6. The molecule has 34 heavy (non-hydrogen) atoms. The zero-order valence-electron chi connectivity index (χ0n) is 19.5. The minimum absolute atomic E-state index is 0.0247. The first-order chi connectivity index (χ1) is 16.1. The van der Waals surface area contributed by atoms with Gasteiger partial charge in [0.1, 0.15) is 23.0 Å². The van der Waals surface area contributed by atoms with Crippen LogP contribution >= 0.6 is 0 Å². The fraction of sp³-hybridized carbons (Fsp3) is 0.500. The van der Waals surface area contributed by atoms with Crippen molar-refractivity contribution in [1.82, 2.24) is 0 Å². The van der Waals surface area contributed by atoms with Gasteiger partial charge >= 0.3 is 11.9 Å². The molecule has 6 atom stereocenters. The number of Topliss-reactive ketones (excluding diaryl/α,β-unsaturated/α-hetero) is 1. The third-order valence-corrected chi connectivity index (χ3v) is 8.31. The lowest BCUT2D eigenvalue weighted by molar-refractivity contribution is -0.247. The maximum Gasteiger partial charge on any atom is 0.351 e. The molecule has 8 heteroatoms. The Kier molecular flexibility index (Phi) is 5.13. The summed E-state index contributed by atoms with van der Waals surface area (Å²) in [5.41, 5.74) is -2.47. The van der Waals surface area contributed by atoms with Crippen molar-refractivity contribution in [1.29, 1.82) is 0 Å². The van der Waals surface area contributed by atoms with Gasteiger partial charge in [-0.1, -0.05) is 33.3 Å². The lowest BCUT2D eigenvalue weighted by Gasteiger charge is -2.59. The second kappa shape index (κ2) is 7.70. The summed E-state index contributed by atoms with van der Waals surface area (Å²) in [6, 6.07) is 6.48. The number of hydrogen-bond donors (Lipinski definition) is 1. The zero-order valence-corrected chi connectivity index (χ0v) is 19.5. The van der Waals surface area contributed by atoms with Crippen molar-refractivity contribution < 1.29 is 38.4 Å². The number of cyclic esters (lactones) is 1. The van der Waals surface area contributed by atoms with Crippen LogP contribution in [0.3, 0.4) is 0 Å². The van der Waals surface area contributed by atoms with E-state index in [4.69, 9.17) is 18.9 Å². The number of ketones is 1. The summed E-state index contributed by atoms with van der Waals surface area (Å²) < 4.78 is 22.4. The SMILES string of the molecule is C=C1OC(=O)C2=C1O[C@@H]1[C@@H](OC(=O)c3ccc(OC)cc3)[C@]3(O)CCCC[C@H]3[C@](C)(C2=O)[C@@H]1C. The quantitative estimate of drug-likeness (QED) is 0.533. The third-order valence-electron chi connectivity index (χ3n) is 8.31. The van der Waals surface area contributed by atoms with E-state index >= 15 is 0 Å². The predicted molar refractivity (Wildman–Crippen MR) is 119 cm³/mol. The van der Waals surface area contributed by atoms with Crippen molar-refractivity contribution in [2.75, 3.05) is 7.11 Å². The largest absolute Gasteiger partial charge is 0.497 e. The lowest BCUT2D eigenvalue weighted by atomic mass is 9.48. The monoisotopic (exact) mass is 468 g/mol. The molecule has 1 aromatic rings. The Morgan fingerprint density at radius 2 is 1.91 bits per heavy atom. The Morgan fingerprint density at radius 1 is 1.21 bits per heavy atom. The Hall–Kier alpha value is -3.13. The Balaban J connectivity index is 1.60. The molecule has 0 aromatic heterocycles. The highest BCUT2D eigenvalue weighted by atomic mass is 16.6. The van der Waals surface area contributed by atoms with Gasteiger partial charge in [0, 0.05) is 17.3 Å². The molecule has 2 fully saturated rings. The number of fused-ring (bicyclic) bond motifs is 4. The van der Waals surface area contributed by atoms with Gasteiger partial charge in [-0.2, -0.15) is 0 Å². The van der Waals surface area contributed by atoms with Gasteiger partial charge in [-0.3, -0.25) is 4.79 Å². The van der Waals surface area contributed by atoms with Crippen LogP contribution in [0.25, 0.3) is 0 Å². The minimum Gasteiger partial charge on any atom is -0.497 e. The van der Waals surface area contributed by atoms with Crippen molar-refractivity contribution in [2.24, 2.45) is 17.3 Å². The van der Waals surface area contributed by atoms with Crippen LogP contribution < -0.4 is 4.74 Å². The molecule has 0 amide bonds. The summed E-state index contributed by atoms with van der Waals surface area (Å²) >= 11 is 0. The summed E-state index contributed by atoms with van der Waals surface area (Å²) in [5, 5.41) is 12.1. The first kappa shape index (κ1) is 22.7. The van der Waals surface area contributed by atoms with E-state index in [0.29, 0.717) is 24.2 Å². The maximum absolute atomic E-state index is 13.8. The molecule has 0 radical (unpaired) electrons. The van der Waals surface area contributed by atoms with E-state index in [0.717, 1.165) is 12.8 Å². The van der Waals surface area contributed by atoms with E-state index in [1.807, 2.05) is 6.92 Å². The van der Waals surface area contributed by atoms with Gasteiger partial charge in [0.2, 0.25) is 0 Å². The third kappa shape index (κ3) is 2.97. The second-order valence-electron chi connectivity index (χ2n) is 9.84. The number of aliphatic hydroxyl groups is 1. The molecule has 0 saturated heterocycles. The van der Waals surface area contributed by atoms with Crippen LogP contribution in [0.4, 0.5) is 0 Å². The van der Waals surface area contributed by atoms with Crippen LogP contribution in [0.5, 0.6) is 5.75 Å². The smallest absolute Gasteiger partial charge is 0.351 e. The van der Waals surface area contributed by atoms with E-state index in [1.54, 1.807) is 31.2 Å². The normalized spacial score (nSPS) is 36.6. The van der Waals surface area contributed by atoms with Gasteiger partial charge in [-0.05, 0) is 37.1 Å². The number of hydrogen-bond acceptors (Lipinski definition) is 8. The van der Waals surface area contributed by atoms with E-state index < -0.39 is 52.8 Å². The number of ether oxygens (including phenoxy) is 4. The van der Waals surface area contributed by atoms with Crippen molar-refractivity contribution in [2.45, 2.75) is 57.3 Å². The molecule has 4 aliphatic rings. The fourth-order valence-electron chi connectivity index (χ4n) is 6.32. The van der Waals surface area contributed by atoms with Crippen LogP contribution in [0, 0.1) is 17.3 Å². The summed E-state index contributed by atoms with van der Waals surface area (Å²) in [6.45, 7) is 7.35. The van der Waals surface area contributed by atoms with E-state index in [1.165, 1.54) is 7.11 Å². The standard InChI is InChI=1S/C26H28O8/c1-13-19-22(34-23(28)15-8-10-16(31-4)11-9-15)26(30)12-6-5-7-17(26)25(13,3)21(27)18-20(33-19)14(2)32-24(18)29/h8-11,13,17,19,22,30H,2,5-7,12H2,1,3-4H3/t13-,17+,19+,22-,25-,26+/m1/s1. The highest BCUT2D eigenvalue weighted by Gasteiger charge is 2.70. The summed E-state index contributed by atoms with van der Waals surface area (Å²) in [6.07, 6.45) is 0.509. The first-order valence-corrected chi connectivity index (χ1v) is 11.6. The molecule has 2 aliphatic carbocycles. The van der Waals surface area contributed by atoms with Gasteiger partial charge in [0.05, 0.1) is 12.7 Å². The van der Waals surface area contributed by atoms with Crippen LogP contribution in [0.1, 0.15) is 49.9 Å². The number of rotatable bonds is 3. The van der Waals surface area contributed by atoms with E-state index in [-0.39, 0.29) is 17.1 Å². The second-order valence-corrected chi connectivity index (χ2v) is 9.84. The highest BCUT2D eigenvalue weighted by molar-refractivity contribution is 6.22. The van der Waals surface area contributed by atoms with Crippen LogP contribution in [0.2, 0.25) is 0 Å². The number of carbonyl (C=O) groups is 3. The molecule has 8 nitrogen and oxygen atoms in total. The zero-order chi connectivity index (χ0) is 24.4. The Morgan fingerprint density at radius 3 is 2.59 bits per heavy atom. The molecule has 2 bridgehead atoms. The average molecular weight is 469 g/mol. The highest BCUT2D eigenvalue weighted by Crippen LogP contribution is 2.60. The molecule has 0 spiro atoms. The van der Waals surface area contributed by atoms with E-state index in [2.05, 4.69) is 6.58 Å². The fourth-order valence-corrected chi connectivity index (χ4v) is 6.32. The van der Waals surface area contributed by atoms with Crippen molar-refractivity contribution in [3.63, 3.8) is 0 Å². The molecule has 1 N–H and O–H groups in total. The van der Waals surface area contributed by atoms with E-state index in [9.17, 15) is 19.5 Å². The minimum atomic E-state index is -1.49. The molecule has 0 unspecified atom stereocenters. The molecular formula is C26H28O8. The van der Waals surface area contributed by atoms with Gasteiger partial charge in [-0.15, -0.1) is 0 Å². The van der Waals surface area contributed by atoms with Crippen LogP contribution in [-0.2, 0) is 23.8 Å². The topological polar surface area (TPSA) is 108 Å². The molecule has 2 heterocycles. The van der Waals surface area contributed by atoms with Crippen LogP contribution in [0.15, 0.2) is 47.9 Å². The molecule has 1 aromatic carbocycles. The predicted octanol–water partition coefficient (Wildman–Crippen LogP) is 3.09. The Labute approximate surface area is 197 Å². The molecular weight excluding hydrogens is 440 g/mol. The molecule has 2 saturated carbocycles. The molecule has 5 rings (SSSR count). The lowest BCUT2D eigenvalue weighted by Crippen LogP contribution is -2.70. The number of esters is 2. The van der Waals surface area contributed by atoms with Gasteiger partial charge in [0.25, 0.3) is 0 Å². The Bertz CT molecular complexity index is 1120. The summed E-state index contributed by atoms with van der Waals surface area (Å²) in [4.78, 5) is 39.5. The molecule has 2 aliphatic heterocycles. The van der Waals surface area contributed by atoms with Crippen molar-refractivity contribution in [3.05, 3.63) is 53.5 Å². The van der Waals surface area contributed by atoms with Crippen molar-refractivity contribution >= 4 is 17.7 Å². The van der Waals surface area contributed by atoms with Crippen molar-refractivity contribution in [3.8, 4) is 5.75 Å². The van der Waals surface area contributed by atoms with Crippen LogP contribution in [-0.4, -0.2) is 47.7 Å². The maximum atomic E-state index is 13.8. The molecule has 180 valence electrons. The van der Waals surface area contributed by atoms with Gasteiger partial charge < -0.3 is 24.1 Å². The number of methoxy groups -OCH3 is 1. The number of benzene rings is 1. The summed E-state index contributed by atoms with van der Waals surface area (Å²) in [7, 11) is 1.53. The van der Waals surface area contributed by atoms with Gasteiger partial charge in [-0.25, -0.2) is 9.59 Å². The average Bonchev–Trinajstić information content (AvgIpc) is 3.07. The number of carbonyl (C=O) groups excluding carboxylic acids is 3. The van der Waals surface area contributed by atoms with Gasteiger partial charge in [0.15, 0.2) is 23.4 Å². The summed E-state index contributed by atoms with van der Waals surface area (Å²) in [5.74, 6) is -2.29.